The van der Waals surface area contributed by atoms with E-state index < -0.39 is 10.0 Å². The number of rotatable bonds is 5. The zero-order chi connectivity index (χ0) is 22.9. The van der Waals surface area contributed by atoms with Crippen molar-refractivity contribution in [3.05, 3.63) is 105 Å². The maximum Gasteiger partial charge on any atom is 0.282 e. The van der Waals surface area contributed by atoms with E-state index in [1.54, 1.807) is 54.6 Å². The molecule has 1 aliphatic carbocycles. The number of hydrogen-bond donors (Lipinski definition) is 1. The van der Waals surface area contributed by atoms with Gasteiger partial charge in [0.05, 0.1) is 27.0 Å². The van der Waals surface area contributed by atoms with Crippen LogP contribution in [0, 0.1) is 0 Å². The Morgan fingerprint density at radius 1 is 0.938 bits per heavy atom. The lowest BCUT2D eigenvalue weighted by Gasteiger charge is -2.19. The molecule has 0 spiro atoms. The first-order chi connectivity index (χ1) is 15.3. The van der Waals surface area contributed by atoms with E-state index in [1.807, 2.05) is 6.92 Å². The van der Waals surface area contributed by atoms with Gasteiger partial charge >= 0.3 is 0 Å². The van der Waals surface area contributed by atoms with Gasteiger partial charge in [-0.1, -0.05) is 66.5 Å². The number of aryl methyl sites for hydroxylation is 1. The molecule has 0 atom stereocenters. The van der Waals surface area contributed by atoms with E-state index in [0.29, 0.717) is 26.9 Å². The van der Waals surface area contributed by atoms with E-state index in [2.05, 4.69) is 9.71 Å². The first kappa shape index (κ1) is 22.3. The van der Waals surface area contributed by atoms with Crippen LogP contribution in [0.3, 0.4) is 0 Å². The van der Waals surface area contributed by atoms with Crippen LogP contribution < -0.4 is 5.32 Å². The number of carbonyl (C=O) groups is 1. The second kappa shape index (κ2) is 8.90. The number of nitrogens with one attached hydrogen (secondary N) is 1. The molecule has 0 amide bonds. The summed E-state index contributed by atoms with van der Waals surface area (Å²) in [6, 6.07) is 18.1. The van der Waals surface area contributed by atoms with Gasteiger partial charge in [0.15, 0.2) is 0 Å². The topological polar surface area (TPSA) is 75.6 Å². The van der Waals surface area contributed by atoms with Crippen molar-refractivity contribution in [3.8, 4) is 0 Å². The number of hydrogen-bond acceptors (Lipinski definition) is 4. The summed E-state index contributed by atoms with van der Waals surface area (Å²) in [5.41, 5.74) is 2.52. The van der Waals surface area contributed by atoms with Crippen molar-refractivity contribution in [2.75, 3.05) is 5.32 Å². The van der Waals surface area contributed by atoms with Gasteiger partial charge in [-0.2, -0.15) is 12.8 Å². The van der Waals surface area contributed by atoms with E-state index in [0.717, 1.165) is 12.0 Å². The highest BCUT2D eigenvalue weighted by atomic mass is 35.5. The zero-order valence-electron chi connectivity index (χ0n) is 17.0. The molecule has 0 radical (unpaired) electrons. The molecule has 1 N–H and O–H groups in total. The highest BCUT2D eigenvalue weighted by molar-refractivity contribution is 7.90. The van der Waals surface area contributed by atoms with E-state index in [4.69, 9.17) is 23.2 Å². The first-order valence-electron chi connectivity index (χ1n) is 9.80. The predicted octanol–water partition coefficient (Wildman–Crippen LogP) is 5.93. The minimum absolute atomic E-state index is 0.0809. The average Bonchev–Trinajstić information content (AvgIpc) is 2.79. The Hall–Kier alpha value is -2.93. The normalized spacial score (nSPS) is 14.8. The van der Waals surface area contributed by atoms with E-state index in [-0.39, 0.29) is 22.1 Å². The average molecular weight is 485 g/mol. The van der Waals surface area contributed by atoms with Crippen molar-refractivity contribution in [3.63, 3.8) is 0 Å². The lowest BCUT2D eigenvalue weighted by Crippen LogP contribution is -2.22. The van der Waals surface area contributed by atoms with Gasteiger partial charge in [-0.15, -0.1) is 0 Å². The molecule has 3 aromatic carbocycles. The third-order valence-electron chi connectivity index (χ3n) is 5.02. The predicted molar refractivity (Wildman–Crippen MR) is 128 cm³/mol. The second-order valence-corrected chi connectivity index (χ2v) is 9.58. The van der Waals surface area contributed by atoms with Crippen LogP contribution in [0.1, 0.15) is 28.4 Å². The fourth-order valence-corrected chi connectivity index (χ4v) is 4.65. The fraction of sp³-hybridized carbons (Fsp3) is 0.0833. The summed E-state index contributed by atoms with van der Waals surface area (Å²) in [6.07, 6.45) is 2.22. The molecule has 0 aromatic heterocycles. The van der Waals surface area contributed by atoms with Crippen molar-refractivity contribution in [2.24, 2.45) is 4.40 Å². The Morgan fingerprint density at radius 2 is 1.62 bits per heavy atom. The number of carbonyl (C=O) groups excluding carboxylic acids is 1. The number of Topliss-reactive ketones (excluding diaryl/α,β-unsaturated/α-hetero) is 1. The number of allylic oxidation sites excluding steroid dienone is 2. The van der Waals surface area contributed by atoms with Gasteiger partial charge in [-0.05, 0) is 48.4 Å². The van der Waals surface area contributed by atoms with Crippen LogP contribution in [0.2, 0.25) is 10.0 Å². The largest absolute Gasteiger partial charge is 0.351 e. The monoisotopic (exact) mass is 484 g/mol. The van der Waals surface area contributed by atoms with Crippen molar-refractivity contribution >= 4 is 50.4 Å². The van der Waals surface area contributed by atoms with Gasteiger partial charge < -0.3 is 5.32 Å². The fourth-order valence-electron chi connectivity index (χ4n) is 3.32. The molecule has 1 aliphatic rings. The smallest absolute Gasteiger partial charge is 0.282 e. The van der Waals surface area contributed by atoms with Crippen LogP contribution in [0.4, 0.5) is 5.69 Å². The third kappa shape index (κ3) is 4.48. The Morgan fingerprint density at radius 3 is 2.31 bits per heavy atom. The molecular weight excluding hydrogens is 467 g/mol. The summed E-state index contributed by atoms with van der Waals surface area (Å²) < 4.78 is 30.1. The highest BCUT2D eigenvalue weighted by Crippen LogP contribution is 2.30. The van der Waals surface area contributed by atoms with Gasteiger partial charge in [0, 0.05) is 16.1 Å². The summed E-state index contributed by atoms with van der Waals surface area (Å²) >= 11 is 12.3. The van der Waals surface area contributed by atoms with Crippen LogP contribution in [0.5, 0.6) is 0 Å². The molecule has 0 bridgehead atoms. The molecule has 0 fully saturated rings. The number of halogens is 2. The summed E-state index contributed by atoms with van der Waals surface area (Å²) in [5, 5.41) is 3.77. The Bertz CT molecular complexity index is 1380. The Labute approximate surface area is 196 Å². The molecule has 3 aromatic rings. The number of nitrogens with zero attached hydrogens (tertiary/aromatic N) is 1. The van der Waals surface area contributed by atoms with Crippen LogP contribution in [0.25, 0.3) is 0 Å². The molecule has 32 heavy (non-hydrogen) atoms. The number of benzene rings is 3. The van der Waals surface area contributed by atoms with Gasteiger partial charge in [0.1, 0.15) is 0 Å². The zero-order valence-corrected chi connectivity index (χ0v) is 19.3. The Kier molecular flexibility index (Phi) is 6.20. The molecule has 8 heteroatoms. The molecule has 0 heterocycles. The standard InChI is InChI=1S/C24H18Cl2N2O3S/c1-2-15-7-10-17(11-8-15)32(30,31)28-21-14-23(24(29)19-6-4-3-5-18(19)21)27-22-13-16(25)9-12-20(22)26/h3-14,27H,2H2,1H3/b28-21+. The summed E-state index contributed by atoms with van der Waals surface area (Å²) in [5.74, 6) is -0.305. The quantitative estimate of drug-likeness (QED) is 0.487. The second-order valence-electron chi connectivity index (χ2n) is 7.13. The molecule has 5 nitrogen and oxygen atoms in total. The van der Waals surface area contributed by atoms with Crippen LogP contribution in [0.15, 0.2) is 87.8 Å². The molecule has 0 aliphatic heterocycles. The lowest BCUT2D eigenvalue weighted by atomic mass is 9.92. The summed E-state index contributed by atoms with van der Waals surface area (Å²) in [6.45, 7) is 1.99. The molecule has 4 rings (SSSR count). The summed E-state index contributed by atoms with van der Waals surface area (Å²) in [7, 11) is -4.00. The number of sulfonamides is 1. The van der Waals surface area contributed by atoms with Gasteiger partial charge in [0.25, 0.3) is 10.0 Å². The van der Waals surface area contributed by atoms with Gasteiger partial charge in [0.2, 0.25) is 5.78 Å². The molecule has 0 saturated heterocycles. The number of ketones is 1. The molecular formula is C24H18Cl2N2O3S. The van der Waals surface area contributed by atoms with Crippen molar-refractivity contribution in [1.82, 2.24) is 0 Å². The molecule has 0 unspecified atom stereocenters. The van der Waals surface area contributed by atoms with Crippen LogP contribution in [-0.4, -0.2) is 19.9 Å². The maximum absolute atomic E-state index is 13.1. The number of anilines is 1. The van der Waals surface area contributed by atoms with Crippen molar-refractivity contribution in [2.45, 2.75) is 18.2 Å². The van der Waals surface area contributed by atoms with Crippen LogP contribution in [-0.2, 0) is 16.4 Å². The Balaban J connectivity index is 1.81. The van der Waals surface area contributed by atoms with E-state index >= 15 is 0 Å². The minimum Gasteiger partial charge on any atom is -0.351 e. The third-order valence-corrected chi connectivity index (χ3v) is 6.89. The molecule has 0 saturated carbocycles. The SMILES string of the molecule is CCc1ccc(S(=O)(=O)/N=C2\C=C(Nc3cc(Cl)ccc3Cl)C(=O)c3ccccc32)cc1. The minimum atomic E-state index is -4.00. The van der Waals surface area contributed by atoms with Gasteiger partial charge in [-0.3, -0.25) is 4.79 Å². The molecule has 162 valence electrons. The van der Waals surface area contributed by atoms with Gasteiger partial charge in [-0.25, -0.2) is 0 Å². The van der Waals surface area contributed by atoms with Crippen LogP contribution >= 0.6 is 23.2 Å². The van der Waals surface area contributed by atoms with Crippen molar-refractivity contribution < 1.29 is 13.2 Å². The maximum atomic E-state index is 13.1. The van der Waals surface area contributed by atoms with E-state index in [1.165, 1.54) is 18.2 Å². The first-order valence-corrected chi connectivity index (χ1v) is 12.0. The van der Waals surface area contributed by atoms with E-state index in [9.17, 15) is 13.2 Å². The number of fused-ring (bicyclic) bond motifs is 1. The van der Waals surface area contributed by atoms with Crippen molar-refractivity contribution in [1.29, 1.82) is 0 Å². The summed E-state index contributed by atoms with van der Waals surface area (Å²) in [4.78, 5) is 13.1. The lowest BCUT2D eigenvalue weighted by molar-refractivity contribution is 0.103. The highest BCUT2D eigenvalue weighted by Gasteiger charge is 2.26.